The number of rotatable bonds is 5. The minimum atomic E-state index is -0.422. The highest BCUT2D eigenvalue weighted by atomic mass is 35.5. The fraction of sp³-hybridized carbons (Fsp3) is 0.154. The molecule has 4 aromatic rings. The first-order valence-electron chi connectivity index (χ1n) is 10.4. The van der Waals surface area contributed by atoms with Crippen LogP contribution in [0.4, 0.5) is 5.69 Å². The van der Waals surface area contributed by atoms with Gasteiger partial charge in [-0.2, -0.15) is 0 Å². The summed E-state index contributed by atoms with van der Waals surface area (Å²) < 4.78 is 11.1. The molecule has 1 N–H and O–H groups in total. The van der Waals surface area contributed by atoms with Crippen molar-refractivity contribution >= 4 is 57.4 Å². The molecule has 0 aliphatic rings. The van der Waals surface area contributed by atoms with Crippen molar-refractivity contribution in [3.63, 3.8) is 0 Å². The van der Waals surface area contributed by atoms with Crippen LogP contribution in [0.5, 0.6) is 5.75 Å². The molecule has 34 heavy (non-hydrogen) atoms. The van der Waals surface area contributed by atoms with Crippen LogP contribution in [0.1, 0.15) is 16.7 Å². The predicted molar refractivity (Wildman–Crippen MR) is 138 cm³/mol. The number of carbonyl (C=O) groups excluding carboxylic acids is 1. The Bertz CT molecular complexity index is 1460. The van der Waals surface area contributed by atoms with Crippen LogP contribution in [-0.2, 0) is 4.79 Å². The SMILES string of the molecule is Cc1cc(NC(=O)COc2c(Cl)c(C)c(Cl)c(C)c2Cl)ccc1-c1cc2ccccc2oc1=O. The molecule has 0 aliphatic carbocycles. The van der Waals surface area contributed by atoms with Gasteiger partial charge in [0.2, 0.25) is 0 Å². The Morgan fingerprint density at radius 2 is 1.59 bits per heavy atom. The first-order valence-corrected chi connectivity index (χ1v) is 11.5. The molecule has 0 atom stereocenters. The van der Waals surface area contributed by atoms with E-state index in [4.69, 9.17) is 44.0 Å². The zero-order valence-electron chi connectivity index (χ0n) is 18.6. The standard InChI is InChI=1S/C26H20Cl3NO4/c1-13-10-17(8-9-18(13)19-11-16-6-4-5-7-20(16)34-26(19)32)30-21(31)12-33-25-23(28)14(2)22(27)15(3)24(25)29/h4-11H,12H2,1-3H3,(H,30,31). The third kappa shape index (κ3) is 4.64. The van der Waals surface area contributed by atoms with Gasteiger partial charge in [0, 0.05) is 16.1 Å². The van der Waals surface area contributed by atoms with Gasteiger partial charge in [-0.05, 0) is 67.3 Å². The van der Waals surface area contributed by atoms with Gasteiger partial charge in [0.05, 0.1) is 15.6 Å². The Kier molecular flexibility index (Phi) is 6.89. The van der Waals surface area contributed by atoms with Gasteiger partial charge in [-0.25, -0.2) is 4.79 Å². The van der Waals surface area contributed by atoms with Crippen LogP contribution in [0, 0.1) is 20.8 Å². The first kappa shape index (κ1) is 24.1. The lowest BCUT2D eigenvalue weighted by atomic mass is 10.0. The maximum atomic E-state index is 12.5. The average molecular weight is 517 g/mol. The van der Waals surface area contributed by atoms with E-state index >= 15 is 0 Å². The minimum absolute atomic E-state index is 0.215. The quantitative estimate of drug-likeness (QED) is 0.281. The van der Waals surface area contributed by atoms with Crippen LogP contribution >= 0.6 is 34.8 Å². The van der Waals surface area contributed by atoms with Gasteiger partial charge >= 0.3 is 5.63 Å². The van der Waals surface area contributed by atoms with E-state index in [-0.39, 0.29) is 22.4 Å². The van der Waals surface area contributed by atoms with Crippen molar-refractivity contribution in [2.45, 2.75) is 20.8 Å². The summed E-state index contributed by atoms with van der Waals surface area (Å²) in [5.74, 6) is -0.179. The minimum Gasteiger partial charge on any atom is -0.481 e. The lowest BCUT2D eigenvalue weighted by Crippen LogP contribution is -2.20. The number of benzene rings is 3. The number of anilines is 1. The molecule has 8 heteroatoms. The fourth-order valence-electron chi connectivity index (χ4n) is 3.67. The van der Waals surface area contributed by atoms with E-state index in [2.05, 4.69) is 5.32 Å². The summed E-state index contributed by atoms with van der Waals surface area (Å²) >= 11 is 18.8. The molecular weight excluding hydrogens is 497 g/mol. The van der Waals surface area contributed by atoms with Gasteiger partial charge in [-0.15, -0.1) is 0 Å². The first-order chi connectivity index (χ1) is 16.2. The molecular formula is C26H20Cl3NO4. The molecule has 5 nitrogen and oxygen atoms in total. The summed E-state index contributed by atoms with van der Waals surface area (Å²) in [7, 11) is 0. The van der Waals surface area contributed by atoms with Crippen molar-refractivity contribution in [3.05, 3.63) is 90.7 Å². The molecule has 1 heterocycles. The molecule has 0 unspecified atom stereocenters. The second-order valence-electron chi connectivity index (χ2n) is 7.87. The monoisotopic (exact) mass is 515 g/mol. The van der Waals surface area contributed by atoms with E-state index in [1.165, 1.54) is 0 Å². The van der Waals surface area contributed by atoms with Gasteiger partial charge in [0.1, 0.15) is 5.58 Å². The maximum Gasteiger partial charge on any atom is 0.344 e. The number of para-hydroxylation sites is 1. The summed E-state index contributed by atoms with van der Waals surface area (Å²) in [4.78, 5) is 25.0. The van der Waals surface area contributed by atoms with E-state index in [9.17, 15) is 9.59 Å². The number of hydrogen-bond acceptors (Lipinski definition) is 4. The third-order valence-corrected chi connectivity index (χ3v) is 6.98. The van der Waals surface area contributed by atoms with Crippen molar-refractivity contribution in [3.8, 4) is 16.9 Å². The molecule has 1 aromatic heterocycles. The normalized spacial score (nSPS) is 11.0. The molecule has 1 amide bonds. The van der Waals surface area contributed by atoms with E-state index < -0.39 is 11.5 Å². The predicted octanol–water partition coefficient (Wildman–Crippen LogP) is 7.36. The number of ether oxygens (including phenoxy) is 1. The van der Waals surface area contributed by atoms with Crippen LogP contribution in [0.15, 0.2) is 57.7 Å². The van der Waals surface area contributed by atoms with Crippen molar-refractivity contribution in [1.29, 1.82) is 0 Å². The molecule has 0 bridgehead atoms. The zero-order chi connectivity index (χ0) is 24.6. The number of fused-ring (bicyclic) bond motifs is 1. The molecule has 0 saturated carbocycles. The van der Waals surface area contributed by atoms with Crippen molar-refractivity contribution in [2.24, 2.45) is 0 Å². The van der Waals surface area contributed by atoms with Gasteiger partial charge < -0.3 is 14.5 Å². The number of hydrogen-bond donors (Lipinski definition) is 1. The molecule has 4 rings (SSSR count). The van der Waals surface area contributed by atoms with Crippen molar-refractivity contribution in [2.75, 3.05) is 11.9 Å². The summed E-state index contributed by atoms with van der Waals surface area (Å²) in [5.41, 5.74) is 3.90. The van der Waals surface area contributed by atoms with E-state index in [0.717, 1.165) is 16.5 Å². The molecule has 0 spiro atoms. The Morgan fingerprint density at radius 1 is 0.912 bits per heavy atom. The van der Waals surface area contributed by atoms with Crippen molar-refractivity contribution in [1.82, 2.24) is 0 Å². The van der Waals surface area contributed by atoms with Crippen LogP contribution in [-0.4, -0.2) is 12.5 Å². The number of carbonyl (C=O) groups is 1. The van der Waals surface area contributed by atoms with E-state index in [0.29, 0.717) is 33.0 Å². The van der Waals surface area contributed by atoms with E-state index in [1.54, 1.807) is 44.2 Å². The Hall–Kier alpha value is -2.99. The molecule has 0 aliphatic heterocycles. The topological polar surface area (TPSA) is 68.5 Å². The third-order valence-electron chi connectivity index (χ3n) is 5.51. The number of amides is 1. The number of halogens is 3. The van der Waals surface area contributed by atoms with Crippen LogP contribution < -0.4 is 15.7 Å². The largest absolute Gasteiger partial charge is 0.481 e. The zero-order valence-corrected chi connectivity index (χ0v) is 20.9. The highest BCUT2D eigenvalue weighted by Crippen LogP contribution is 2.42. The Morgan fingerprint density at radius 3 is 2.26 bits per heavy atom. The van der Waals surface area contributed by atoms with Gasteiger partial charge in [0.15, 0.2) is 12.4 Å². The summed E-state index contributed by atoms with van der Waals surface area (Å²) in [5, 5.41) is 4.60. The second-order valence-corrected chi connectivity index (χ2v) is 9.01. The summed E-state index contributed by atoms with van der Waals surface area (Å²) in [6.07, 6.45) is 0. The summed E-state index contributed by atoms with van der Waals surface area (Å²) in [6, 6.07) is 14.4. The van der Waals surface area contributed by atoms with Crippen molar-refractivity contribution < 1.29 is 13.9 Å². The van der Waals surface area contributed by atoms with Crippen LogP contribution in [0.2, 0.25) is 15.1 Å². The Labute approximate surface area is 211 Å². The molecule has 174 valence electrons. The highest BCUT2D eigenvalue weighted by Gasteiger charge is 2.19. The second kappa shape index (κ2) is 9.71. The lowest BCUT2D eigenvalue weighted by Gasteiger charge is -2.15. The smallest absolute Gasteiger partial charge is 0.344 e. The molecule has 3 aromatic carbocycles. The maximum absolute atomic E-state index is 12.5. The fourth-order valence-corrected chi connectivity index (χ4v) is 4.49. The summed E-state index contributed by atoms with van der Waals surface area (Å²) in [6.45, 7) is 5.06. The molecule has 0 saturated heterocycles. The average Bonchev–Trinajstić information content (AvgIpc) is 2.81. The van der Waals surface area contributed by atoms with Gasteiger partial charge in [-0.3, -0.25) is 4.79 Å². The Balaban J connectivity index is 1.51. The van der Waals surface area contributed by atoms with E-state index in [1.807, 2.05) is 25.1 Å². The van der Waals surface area contributed by atoms with Crippen LogP contribution in [0.3, 0.4) is 0 Å². The molecule has 0 radical (unpaired) electrons. The number of aryl methyl sites for hydroxylation is 1. The van der Waals surface area contributed by atoms with Gasteiger partial charge in [0.25, 0.3) is 5.91 Å². The van der Waals surface area contributed by atoms with Crippen LogP contribution in [0.25, 0.3) is 22.1 Å². The molecule has 0 fully saturated rings. The lowest BCUT2D eigenvalue weighted by molar-refractivity contribution is -0.118. The number of nitrogens with one attached hydrogen (secondary N) is 1. The highest BCUT2D eigenvalue weighted by molar-refractivity contribution is 6.42. The van der Waals surface area contributed by atoms with Gasteiger partial charge in [-0.1, -0.05) is 59.1 Å².